The molecule has 1 fully saturated rings. The molecule has 0 aromatic carbocycles. The lowest BCUT2D eigenvalue weighted by Crippen LogP contribution is -2.31. The first-order valence-electron chi connectivity index (χ1n) is 7.41. The van der Waals surface area contributed by atoms with E-state index in [2.05, 4.69) is 15.2 Å². The fourth-order valence-electron chi connectivity index (χ4n) is 2.44. The van der Waals surface area contributed by atoms with Crippen molar-refractivity contribution in [3.05, 3.63) is 28.2 Å². The van der Waals surface area contributed by atoms with Crippen LogP contribution in [0.3, 0.4) is 0 Å². The first-order chi connectivity index (χ1) is 11.0. The van der Waals surface area contributed by atoms with E-state index in [1.165, 1.54) is 11.3 Å². The SMILES string of the molecule is Cc1ncsc1C(=O)N1CC[C@H](Oc2ccc(N(C)C)nn2)C1. The van der Waals surface area contributed by atoms with E-state index in [-0.39, 0.29) is 12.0 Å². The largest absolute Gasteiger partial charge is 0.471 e. The monoisotopic (exact) mass is 333 g/mol. The number of hydrogen-bond acceptors (Lipinski definition) is 7. The Morgan fingerprint density at radius 1 is 1.39 bits per heavy atom. The molecule has 0 spiro atoms. The second-order valence-electron chi connectivity index (χ2n) is 5.67. The molecule has 0 bridgehead atoms. The fourth-order valence-corrected chi connectivity index (χ4v) is 3.21. The number of nitrogens with zero attached hydrogens (tertiary/aromatic N) is 5. The number of amides is 1. The number of hydrogen-bond donors (Lipinski definition) is 0. The van der Waals surface area contributed by atoms with E-state index in [4.69, 9.17) is 4.74 Å². The highest BCUT2D eigenvalue weighted by atomic mass is 32.1. The number of aryl methyl sites for hydroxylation is 1. The molecule has 3 rings (SSSR count). The minimum Gasteiger partial charge on any atom is -0.471 e. The molecule has 1 aliphatic rings. The summed E-state index contributed by atoms with van der Waals surface area (Å²) in [6.45, 7) is 3.10. The van der Waals surface area contributed by atoms with Gasteiger partial charge in [0, 0.05) is 33.1 Å². The number of anilines is 1. The summed E-state index contributed by atoms with van der Waals surface area (Å²) in [4.78, 5) is 21.0. The van der Waals surface area contributed by atoms with Gasteiger partial charge < -0.3 is 14.5 Å². The predicted octanol–water partition coefficient (Wildman–Crippen LogP) is 1.60. The summed E-state index contributed by atoms with van der Waals surface area (Å²) in [5.74, 6) is 1.30. The Balaban J connectivity index is 1.59. The fraction of sp³-hybridized carbons (Fsp3) is 0.467. The molecular weight excluding hydrogens is 314 g/mol. The van der Waals surface area contributed by atoms with E-state index >= 15 is 0 Å². The second-order valence-corrected chi connectivity index (χ2v) is 6.53. The zero-order valence-electron chi connectivity index (χ0n) is 13.4. The van der Waals surface area contributed by atoms with E-state index in [0.717, 1.165) is 17.9 Å². The lowest BCUT2D eigenvalue weighted by atomic mass is 10.3. The molecule has 1 aliphatic heterocycles. The molecule has 1 saturated heterocycles. The highest BCUT2D eigenvalue weighted by Gasteiger charge is 2.30. The highest BCUT2D eigenvalue weighted by molar-refractivity contribution is 7.11. The van der Waals surface area contributed by atoms with Crippen molar-refractivity contribution in [1.82, 2.24) is 20.1 Å². The third-order valence-corrected chi connectivity index (χ3v) is 4.66. The van der Waals surface area contributed by atoms with Crippen molar-refractivity contribution in [3.63, 3.8) is 0 Å². The smallest absolute Gasteiger partial charge is 0.265 e. The summed E-state index contributed by atoms with van der Waals surface area (Å²) in [5.41, 5.74) is 2.49. The molecule has 3 heterocycles. The Morgan fingerprint density at radius 3 is 2.83 bits per heavy atom. The van der Waals surface area contributed by atoms with Crippen molar-refractivity contribution in [2.45, 2.75) is 19.4 Å². The topological polar surface area (TPSA) is 71.5 Å². The van der Waals surface area contributed by atoms with Crippen LogP contribution in [0.1, 0.15) is 21.8 Å². The molecule has 2 aromatic heterocycles. The van der Waals surface area contributed by atoms with Gasteiger partial charge in [-0.2, -0.15) is 0 Å². The summed E-state index contributed by atoms with van der Waals surface area (Å²) < 4.78 is 5.84. The number of thiazole rings is 1. The lowest BCUT2D eigenvalue weighted by molar-refractivity contribution is 0.0774. The molecule has 0 unspecified atom stereocenters. The first-order valence-corrected chi connectivity index (χ1v) is 8.29. The van der Waals surface area contributed by atoms with Gasteiger partial charge in [0.05, 0.1) is 17.7 Å². The van der Waals surface area contributed by atoms with Crippen LogP contribution in [0.4, 0.5) is 5.82 Å². The number of rotatable bonds is 4. The standard InChI is InChI=1S/C15H19N5O2S/c1-10-14(23-9-16-10)15(21)20-7-6-11(8-20)22-13-5-4-12(17-18-13)19(2)3/h4-5,9,11H,6-8H2,1-3H3/t11-/m0/s1. The molecular formula is C15H19N5O2S. The van der Waals surface area contributed by atoms with Gasteiger partial charge in [0.25, 0.3) is 5.91 Å². The Labute approximate surface area is 138 Å². The Morgan fingerprint density at radius 2 is 2.22 bits per heavy atom. The summed E-state index contributed by atoms with van der Waals surface area (Å²) >= 11 is 1.38. The van der Waals surface area contributed by atoms with Gasteiger partial charge in [-0.25, -0.2) is 4.98 Å². The molecule has 1 atom stereocenters. The molecule has 23 heavy (non-hydrogen) atoms. The minimum absolute atomic E-state index is 0.0325. The molecule has 0 radical (unpaired) electrons. The first kappa shape index (κ1) is 15.7. The van der Waals surface area contributed by atoms with Gasteiger partial charge >= 0.3 is 0 Å². The summed E-state index contributed by atoms with van der Waals surface area (Å²) in [6.07, 6.45) is 0.743. The second kappa shape index (κ2) is 6.49. The van der Waals surface area contributed by atoms with Crippen LogP contribution in [-0.4, -0.2) is 59.3 Å². The Kier molecular flexibility index (Phi) is 4.42. The van der Waals surface area contributed by atoms with Gasteiger partial charge in [0.2, 0.25) is 5.88 Å². The molecule has 122 valence electrons. The molecule has 8 heteroatoms. The number of aromatic nitrogens is 3. The van der Waals surface area contributed by atoms with Crippen LogP contribution < -0.4 is 9.64 Å². The number of carbonyl (C=O) groups is 1. The number of ether oxygens (including phenoxy) is 1. The van der Waals surface area contributed by atoms with Crippen molar-refractivity contribution in [1.29, 1.82) is 0 Å². The van der Waals surface area contributed by atoms with Gasteiger partial charge in [-0.3, -0.25) is 4.79 Å². The molecule has 1 amide bonds. The van der Waals surface area contributed by atoms with Gasteiger partial charge in [-0.1, -0.05) is 0 Å². The van der Waals surface area contributed by atoms with Crippen molar-refractivity contribution in [3.8, 4) is 5.88 Å². The quantitative estimate of drug-likeness (QED) is 0.846. The lowest BCUT2D eigenvalue weighted by Gasteiger charge is -2.16. The van der Waals surface area contributed by atoms with Crippen LogP contribution in [0.25, 0.3) is 0 Å². The Bertz CT molecular complexity index is 685. The summed E-state index contributed by atoms with van der Waals surface area (Å²) in [7, 11) is 3.82. The molecule has 0 N–H and O–H groups in total. The van der Waals surface area contributed by atoms with Crippen LogP contribution in [0, 0.1) is 6.92 Å². The average molecular weight is 333 g/mol. The van der Waals surface area contributed by atoms with Gasteiger partial charge in [0.15, 0.2) is 5.82 Å². The van der Waals surface area contributed by atoms with Crippen LogP contribution in [-0.2, 0) is 0 Å². The van der Waals surface area contributed by atoms with Crippen molar-refractivity contribution < 1.29 is 9.53 Å². The minimum atomic E-state index is -0.0494. The maximum absolute atomic E-state index is 12.5. The maximum Gasteiger partial charge on any atom is 0.265 e. The van der Waals surface area contributed by atoms with E-state index < -0.39 is 0 Å². The van der Waals surface area contributed by atoms with Crippen LogP contribution in [0.2, 0.25) is 0 Å². The molecule has 7 nitrogen and oxygen atoms in total. The van der Waals surface area contributed by atoms with Gasteiger partial charge in [0.1, 0.15) is 11.0 Å². The summed E-state index contributed by atoms with van der Waals surface area (Å²) in [5, 5.41) is 8.16. The van der Waals surface area contributed by atoms with E-state index in [1.807, 2.05) is 36.9 Å². The highest BCUT2D eigenvalue weighted by Crippen LogP contribution is 2.21. The zero-order valence-corrected chi connectivity index (χ0v) is 14.2. The number of carbonyl (C=O) groups excluding carboxylic acids is 1. The van der Waals surface area contributed by atoms with Crippen LogP contribution >= 0.6 is 11.3 Å². The van der Waals surface area contributed by atoms with Gasteiger partial charge in [-0.15, -0.1) is 21.5 Å². The summed E-state index contributed by atoms with van der Waals surface area (Å²) in [6, 6.07) is 3.67. The van der Waals surface area contributed by atoms with E-state index in [9.17, 15) is 4.79 Å². The van der Waals surface area contributed by atoms with Crippen LogP contribution in [0.5, 0.6) is 5.88 Å². The van der Waals surface area contributed by atoms with Gasteiger partial charge in [-0.05, 0) is 13.0 Å². The number of likely N-dealkylation sites (tertiary alicyclic amines) is 1. The maximum atomic E-state index is 12.5. The molecule has 0 saturated carbocycles. The van der Waals surface area contributed by atoms with E-state index in [1.54, 1.807) is 11.6 Å². The zero-order chi connectivity index (χ0) is 16.4. The predicted molar refractivity (Wildman–Crippen MR) is 88.1 cm³/mol. The third kappa shape index (κ3) is 3.42. The average Bonchev–Trinajstić information content (AvgIpc) is 3.16. The van der Waals surface area contributed by atoms with E-state index in [0.29, 0.717) is 23.8 Å². The van der Waals surface area contributed by atoms with Crippen LogP contribution in [0.15, 0.2) is 17.6 Å². The van der Waals surface area contributed by atoms with Crippen molar-refractivity contribution in [2.24, 2.45) is 0 Å². The third-order valence-electron chi connectivity index (χ3n) is 3.74. The normalized spacial score (nSPS) is 17.3. The van der Waals surface area contributed by atoms with Crippen molar-refractivity contribution in [2.75, 3.05) is 32.1 Å². The van der Waals surface area contributed by atoms with Crippen molar-refractivity contribution >= 4 is 23.1 Å². The molecule has 2 aromatic rings. The Hall–Kier alpha value is -2.22. The molecule has 0 aliphatic carbocycles.